The Balaban J connectivity index is 1.40. The number of hydrogen-bond acceptors (Lipinski definition) is 8. The molecule has 0 aliphatic carbocycles. The van der Waals surface area contributed by atoms with E-state index in [1.165, 1.54) is 9.79 Å². The molecule has 0 unspecified atom stereocenters. The van der Waals surface area contributed by atoms with Crippen LogP contribution in [0.15, 0.2) is 58.3 Å². The van der Waals surface area contributed by atoms with Crippen molar-refractivity contribution in [1.82, 2.24) is 29.7 Å². The molecule has 0 fully saturated rings. The summed E-state index contributed by atoms with van der Waals surface area (Å²) < 4.78 is 11.8. The van der Waals surface area contributed by atoms with Crippen molar-refractivity contribution in [2.45, 2.75) is 22.6 Å². The highest BCUT2D eigenvalue weighted by Crippen LogP contribution is 2.44. The molecule has 0 radical (unpaired) electrons. The predicted molar refractivity (Wildman–Crippen MR) is 178 cm³/mol. The van der Waals surface area contributed by atoms with Crippen molar-refractivity contribution in [3.63, 3.8) is 0 Å². The van der Waals surface area contributed by atoms with Gasteiger partial charge < -0.3 is 29.2 Å². The average molecular weight is 605 g/mol. The van der Waals surface area contributed by atoms with Gasteiger partial charge in [-0.25, -0.2) is 9.97 Å². The molecule has 3 aromatic carbocycles. The van der Waals surface area contributed by atoms with Crippen LogP contribution < -0.4 is 9.47 Å². The lowest BCUT2D eigenvalue weighted by Crippen LogP contribution is -2.13. The molecular weight excluding hydrogens is 565 g/mol. The number of thioether (sulfide) groups is 2. The monoisotopic (exact) mass is 604 g/mol. The van der Waals surface area contributed by atoms with Gasteiger partial charge in [0.2, 0.25) is 0 Å². The summed E-state index contributed by atoms with van der Waals surface area (Å²) in [7, 11) is 11.8. The summed E-state index contributed by atoms with van der Waals surface area (Å²) in [5.74, 6) is 4.87. The van der Waals surface area contributed by atoms with Crippen LogP contribution in [-0.4, -0.2) is 96.7 Å². The second-order valence-electron chi connectivity index (χ2n) is 10.8. The standard InChI is InChI=1S/C32H40N6O2S2/c1-37(2)15-7-17-41-21-9-13-25-27(19-21)35-31(33-25)23-11-12-24(30(40-6)29(23)39-5)32-34-26-14-10-22(20-28(26)36-32)42-18-8-16-38(3)4/h9-14,19-20H,7-8,15-18H2,1-6H3,(H,33,35)(H,34,36). The highest BCUT2D eigenvalue weighted by molar-refractivity contribution is 7.99. The van der Waals surface area contributed by atoms with E-state index in [1.807, 2.05) is 35.7 Å². The first-order chi connectivity index (χ1) is 20.4. The molecule has 0 bridgehead atoms. The third-order valence-corrected chi connectivity index (χ3v) is 9.13. The molecule has 222 valence electrons. The first-order valence-electron chi connectivity index (χ1n) is 14.2. The Bertz CT molecular complexity index is 1520. The Labute approximate surface area is 256 Å². The number of imidazole rings is 2. The van der Waals surface area contributed by atoms with E-state index in [2.05, 4.69) is 84.4 Å². The first-order valence-corrected chi connectivity index (χ1v) is 16.1. The van der Waals surface area contributed by atoms with E-state index in [0.29, 0.717) is 11.5 Å². The number of ether oxygens (including phenoxy) is 2. The van der Waals surface area contributed by atoms with Crippen molar-refractivity contribution in [2.75, 3.05) is 67.0 Å². The zero-order valence-electron chi connectivity index (χ0n) is 25.3. The summed E-state index contributed by atoms with van der Waals surface area (Å²) in [4.78, 5) is 23.7. The molecule has 42 heavy (non-hydrogen) atoms. The second-order valence-corrected chi connectivity index (χ2v) is 13.1. The lowest BCUT2D eigenvalue weighted by atomic mass is 10.1. The largest absolute Gasteiger partial charge is 0.492 e. The average Bonchev–Trinajstić information content (AvgIpc) is 3.60. The molecule has 0 spiro atoms. The summed E-state index contributed by atoms with van der Waals surface area (Å²) in [6.07, 6.45) is 2.30. The van der Waals surface area contributed by atoms with Crippen LogP contribution in [0.5, 0.6) is 11.5 Å². The van der Waals surface area contributed by atoms with Crippen LogP contribution in [0, 0.1) is 0 Å². The Morgan fingerprint density at radius 1 is 0.643 bits per heavy atom. The number of nitrogens with zero attached hydrogens (tertiary/aromatic N) is 4. The molecule has 8 nitrogen and oxygen atoms in total. The van der Waals surface area contributed by atoms with E-state index in [-0.39, 0.29) is 0 Å². The molecule has 0 aliphatic heterocycles. The maximum atomic E-state index is 5.91. The quantitative estimate of drug-likeness (QED) is 0.105. The second kappa shape index (κ2) is 13.9. The van der Waals surface area contributed by atoms with Gasteiger partial charge in [0.25, 0.3) is 0 Å². The van der Waals surface area contributed by atoms with Gasteiger partial charge in [-0.15, -0.1) is 23.5 Å². The zero-order chi connectivity index (χ0) is 29.6. The van der Waals surface area contributed by atoms with Gasteiger partial charge in [-0.05, 0) is 114 Å². The highest BCUT2D eigenvalue weighted by Gasteiger charge is 2.21. The molecule has 2 heterocycles. The van der Waals surface area contributed by atoms with E-state index in [4.69, 9.17) is 19.4 Å². The van der Waals surface area contributed by atoms with Crippen LogP contribution >= 0.6 is 23.5 Å². The maximum absolute atomic E-state index is 5.91. The van der Waals surface area contributed by atoms with E-state index in [1.54, 1.807) is 14.2 Å². The van der Waals surface area contributed by atoms with Crippen molar-refractivity contribution in [2.24, 2.45) is 0 Å². The molecule has 0 atom stereocenters. The van der Waals surface area contributed by atoms with Crippen LogP contribution in [0.2, 0.25) is 0 Å². The number of aromatic amines is 2. The van der Waals surface area contributed by atoms with Crippen molar-refractivity contribution < 1.29 is 9.47 Å². The van der Waals surface area contributed by atoms with Gasteiger partial charge in [-0.1, -0.05) is 0 Å². The number of benzene rings is 3. The molecule has 0 amide bonds. The molecule has 0 saturated heterocycles. The van der Waals surface area contributed by atoms with E-state index in [9.17, 15) is 0 Å². The smallest absolute Gasteiger partial charge is 0.172 e. The molecule has 5 aromatic rings. The van der Waals surface area contributed by atoms with Gasteiger partial charge in [0.05, 0.1) is 47.4 Å². The fourth-order valence-electron chi connectivity index (χ4n) is 4.89. The minimum absolute atomic E-state index is 0.616. The van der Waals surface area contributed by atoms with Crippen molar-refractivity contribution >= 4 is 45.6 Å². The maximum Gasteiger partial charge on any atom is 0.172 e. The van der Waals surface area contributed by atoms with Crippen molar-refractivity contribution in [1.29, 1.82) is 0 Å². The fraction of sp³-hybridized carbons (Fsp3) is 0.375. The van der Waals surface area contributed by atoms with Gasteiger partial charge in [0.1, 0.15) is 11.6 Å². The third-order valence-electron chi connectivity index (χ3n) is 6.97. The van der Waals surface area contributed by atoms with Crippen LogP contribution in [0.1, 0.15) is 12.8 Å². The van der Waals surface area contributed by atoms with Crippen molar-refractivity contribution in [3.8, 4) is 34.3 Å². The molecule has 10 heteroatoms. The van der Waals surface area contributed by atoms with Crippen LogP contribution in [0.3, 0.4) is 0 Å². The molecule has 2 N–H and O–H groups in total. The summed E-state index contributed by atoms with van der Waals surface area (Å²) >= 11 is 3.74. The Morgan fingerprint density at radius 3 is 1.45 bits per heavy atom. The highest BCUT2D eigenvalue weighted by atomic mass is 32.2. The van der Waals surface area contributed by atoms with Crippen LogP contribution in [0.25, 0.3) is 44.8 Å². The number of fused-ring (bicyclic) bond motifs is 2. The number of rotatable bonds is 14. The number of hydrogen-bond donors (Lipinski definition) is 2. The Kier molecular flexibility index (Phi) is 9.99. The number of methoxy groups -OCH3 is 2. The number of H-pyrrole nitrogens is 2. The molecule has 2 aromatic heterocycles. The summed E-state index contributed by atoms with van der Waals surface area (Å²) in [5.41, 5.74) is 5.51. The Morgan fingerprint density at radius 2 is 1.07 bits per heavy atom. The van der Waals surface area contributed by atoms with Crippen LogP contribution in [-0.2, 0) is 0 Å². The lowest BCUT2D eigenvalue weighted by Gasteiger charge is -2.14. The summed E-state index contributed by atoms with van der Waals surface area (Å²) in [6, 6.07) is 16.8. The van der Waals surface area contributed by atoms with Gasteiger partial charge in [0, 0.05) is 9.79 Å². The summed E-state index contributed by atoms with van der Waals surface area (Å²) in [6.45, 7) is 2.18. The van der Waals surface area contributed by atoms with Gasteiger partial charge in [-0.3, -0.25) is 0 Å². The molecule has 0 saturated carbocycles. The van der Waals surface area contributed by atoms with Crippen molar-refractivity contribution in [3.05, 3.63) is 48.5 Å². The lowest BCUT2D eigenvalue weighted by molar-refractivity contribution is 0.357. The van der Waals surface area contributed by atoms with Gasteiger partial charge in [-0.2, -0.15) is 0 Å². The zero-order valence-corrected chi connectivity index (χ0v) is 26.9. The minimum atomic E-state index is 0.616. The van der Waals surface area contributed by atoms with Gasteiger partial charge in [0.15, 0.2) is 11.5 Å². The topological polar surface area (TPSA) is 82.3 Å². The molecule has 5 rings (SSSR count). The fourth-order valence-corrected chi connectivity index (χ4v) is 6.64. The van der Waals surface area contributed by atoms with Crippen LogP contribution in [0.4, 0.5) is 0 Å². The van der Waals surface area contributed by atoms with E-state index in [0.717, 1.165) is 82.3 Å². The minimum Gasteiger partial charge on any atom is -0.492 e. The van der Waals surface area contributed by atoms with Gasteiger partial charge >= 0.3 is 0 Å². The number of aromatic nitrogens is 4. The summed E-state index contributed by atoms with van der Waals surface area (Å²) in [5, 5.41) is 0. The number of nitrogens with one attached hydrogen (secondary N) is 2. The predicted octanol–water partition coefficient (Wildman–Crippen LogP) is 6.88. The normalized spacial score (nSPS) is 11.8. The SMILES string of the molecule is COc1c(-c2nc3ccc(SCCCN(C)C)cc3[nH]2)ccc(-c2nc3ccc(SCCCN(C)C)cc3[nH]2)c1OC. The van der Waals surface area contributed by atoms with E-state index < -0.39 is 0 Å². The van der Waals surface area contributed by atoms with E-state index >= 15 is 0 Å². The third kappa shape index (κ3) is 7.06. The Hall–Kier alpha value is -3.18. The molecule has 0 aliphatic rings. The first kappa shape index (κ1) is 30.3. The molecular formula is C32H40N6O2S2.